The van der Waals surface area contributed by atoms with Crippen molar-refractivity contribution in [2.45, 2.75) is 309 Å². The predicted octanol–water partition coefficient (Wildman–Crippen LogP) is 24.3. The molecule has 16 nitrogen and oxygen atoms in total. The van der Waals surface area contributed by atoms with E-state index in [1.54, 1.807) is 0 Å². The Kier molecular flexibility index (Phi) is 75.7. The van der Waals surface area contributed by atoms with Crippen LogP contribution in [0.25, 0.3) is 0 Å². The Hall–Kier alpha value is -5.61. The molecule has 0 radical (unpaired) electrons. The Balaban J connectivity index is 4.58. The van der Waals surface area contributed by atoms with E-state index in [2.05, 4.69) is 197 Å². The number of unbranched alkanes of at least 4 members (excludes halogenated alkanes) is 20. The number of hydrogen-bond acceptors (Lipinski definition) is 14. The minimum Gasteiger partial charge on any atom is -0.463 e. The molecule has 107 heavy (non-hydrogen) atoms. The first kappa shape index (κ1) is 101. The van der Waals surface area contributed by atoms with Gasteiger partial charge >= 0.3 is 33.6 Å². The van der Waals surface area contributed by atoms with Gasteiger partial charge in [0.2, 0.25) is 0 Å². The van der Waals surface area contributed by atoms with E-state index in [-0.39, 0.29) is 19.3 Å². The number of rotatable bonds is 75. The smallest absolute Gasteiger partial charge is 0.463 e. The number of carbonyl (C=O) groups excluding carboxylic acids is 3. The molecule has 0 rings (SSSR count). The molecule has 0 saturated heterocycles. The summed E-state index contributed by atoms with van der Waals surface area (Å²) in [6, 6.07) is 0. The van der Waals surface area contributed by atoms with Gasteiger partial charge in [-0.25, -0.2) is 9.13 Å². The second-order valence-corrected chi connectivity index (χ2v) is 29.3. The number of carbonyl (C=O) groups is 3. The van der Waals surface area contributed by atoms with Crippen molar-refractivity contribution >= 4 is 33.6 Å². The van der Waals surface area contributed by atoms with E-state index in [0.717, 1.165) is 135 Å². The van der Waals surface area contributed by atoms with E-state index < -0.39 is 91.5 Å². The van der Waals surface area contributed by atoms with Crippen LogP contribution in [0.1, 0.15) is 290 Å². The molecule has 0 aromatic heterocycles. The molecule has 0 aromatic rings. The Morgan fingerprint density at radius 2 is 0.486 bits per heavy atom. The highest BCUT2D eigenvalue weighted by molar-refractivity contribution is 7.47. The van der Waals surface area contributed by atoms with Crippen LogP contribution < -0.4 is 0 Å². The van der Waals surface area contributed by atoms with Crippen LogP contribution in [0.4, 0.5) is 0 Å². The summed E-state index contributed by atoms with van der Waals surface area (Å²) in [7, 11) is -9.84. The zero-order chi connectivity index (χ0) is 78.0. The Morgan fingerprint density at radius 1 is 0.262 bits per heavy atom. The molecule has 0 amide bonds. The molecular weight excluding hydrogens is 1390 g/mol. The van der Waals surface area contributed by atoms with Gasteiger partial charge in [0, 0.05) is 19.3 Å². The number of esters is 3. The molecule has 0 aliphatic rings. The molecular formula is C89H144O16P2. The van der Waals surface area contributed by atoms with Crippen molar-refractivity contribution in [2.75, 3.05) is 39.6 Å². The summed E-state index contributed by atoms with van der Waals surface area (Å²) >= 11 is 0. The van der Waals surface area contributed by atoms with Crippen LogP contribution in [0.3, 0.4) is 0 Å². The highest BCUT2D eigenvalue weighted by atomic mass is 31.2. The minimum atomic E-state index is -4.97. The van der Waals surface area contributed by atoms with Gasteiger partial charge in [-0.15, -0.1) is 0 Å². The largest absolute Gasteiger partial charge is 0.472 e. The molecule has 0 spiro atoms. The number of hydrogen-bond donors (Lipinski definition) is 4. The van der Waals surface area contributed by atoms with E-state index in [1.165, 1.54) is 89.9 Å². The first-order valence-corrected chi connectivity index (χ1v) is 43.7. The molecule has 18 heteroatoms. The summed E-state index contributed by atoms with van der Waals surface area (Å²) in [5, 5.41) is 20.7. The summed E-state index contributed by atoms with van der Waals surface area (Å²) in [5.74, 6) is -1.72. The summed E-state index contributed by atoms with van der Waals surface area (Å²) in [6.07, 6.45) is 105. The lowest BCUT2D eigenvalue weighted by molar-refractivity contribution is -0.161. The van der Waals surface area contributed by atoms with Crippen molar-refractivity contribution in [3.05, 3.63) is 194 Å². The molecule has 0 heterocycles. The zero-order valence-corrected chi connectivity index (χ0v) is 68.0. The van der Waals surface area contributed by atoms with Crippen LogP contribution >= 0.6 is 15.6 Å². The fourth-order valence-corrected chi connectivity index (χ4v) is 11.8. The molecule has 4 N–H and O–H groups in total. The van der Waals surface area contributed by atoms with Crippen LogP contribution in [0.2, 0.25) is 0 Å². The van der Waals surface area contributed by atoms with Crippen molar-refractivity contribution in [3.8, 4) is 0 Å². The van der Waals surface area contributed by atoms with Crippen molar-refractivity contribution in [1.29, 1.82) is 0 Å². The second-order valence-electron chi connectivity index (χ2n) is 26.4. The average Bonchev–Trinajstić information content (AvgIpc) is 0.934. The van der Waals surface area contributed by atoms with Crippen molar-refractivity contribution in [2.24, 2.45) is 0 Å². The maximum Gasteiger partial charge on any atom is 0.472 e. The lowest BCUT2D eigenvalue weighted by atomic mass is 10.0. The standard InChI is InChI=1S/C89H144O16P2/c1-4-7-10-13-16-19-22-25-28-31-34-35-36-37-38-39-40-41-42-43-44-45-46-47-50-52-54-57-60-63-66-69-72-75-87(92)99-78-84(90)79-101-106(95,96)102-80-85(91)81-103-107(97,98)104-83-86(105-89(94)77-74-71-68-65-62-59-56-53-49-33-30-27-24-21-18-15-12-9-6-3)82-100-88(93)76-73-70-67-64-61-58-55-51-48-32-29-26-23-20-17-14-11-8-5-2/h7-12,16-21,25-30,34-35,37-38,48-49,51,53,58-59,61-62,67,70,84-86,90-91H,4-6,13-15,22-24,31-33,36,39-47,50,52,54-57,60,63-66,68-69,71-83H2,1-3H3,(H,95,96)(H,97,98)/b10-7-,11-8-,12-9-,19-16-,20-17-,21-18-,28-25-,29-26-,30-27-,35-34-,38-37-,51-48-,53-49-,61-58-,62-59-,70-67-. The van der Waals surface area contributed by atoms with Crippen molar-refractivity contribution in [1.82, 2.24) is 0 Å². The third kappa shape index (κ3) is 81.2. The number of aliphatic hydroxyl groups excluding tert-OH is 2. The van der Waals surface area contributed by atoms with E-state index in [9.17, 15) is 43.5 Å². The predicted molar refractivity (Wildman–Crippen MR) is 444 cm³/mol. The van der Waals surface area contributed by atoms with E-state index in [4.69, 9.17) is 32.3 Å². The Bertz CT molecular complexity index is 2720. The van der Waals surface area contributed by atoms with Crippen LogP contribution in [-0.4, -0.2) is 95.9 Å². The third-order valence-electron chi connectivity index (χ3n) is 16.3. The zero-order valence-electron chi connectivity index (χ0n) is 66.2. The van der Waals surface area contributed by atoms with E-state index in [1.807, 2.05) is 18.2 Å². The maximum atomic E-state index is 13.0. The van der Waals surface area contributed by atoms with Gasteiger partial charge < -0.3 is 34.2 Å². The Labute approximate surface area is 648 Å². The van der Waals surface area contributed by atoms with Crippen LogP contribution in [-0.2, 0) is 55.8 Å². The highest BCUT2D eigenvalue weighted by Crippen LogP contribution is 2.45. The van der Waals surface area contributed by atoms with Crippen LogP contribution in [0.5, 0.6) is 0 Å². The van der Waals surface area contributed by atoms with Gasteiger partial charge in [0.25, 0.3) is 0 Å². The number of aliphatic hydroxyl groups is 2. The Morgan fingerprint density at radius 3 is 0.804 bits per heavy atom. The second kappa shape index (κ2) is 79.9. The SMILES string of the molecule is CC/C=C\C/C=C\C/C=C\C/C=C\C/C=C\C/C=C\CCC(=O)OCC(COP(=O)(O)OCC(O)COP(=O)(O)OCC(O)COC(=O)CCCCCCCCCCCCCCCCCCC/C=C\C/C=C\C/C=C\C/C=C\C/C=C\CC)OC(=O)CCCCC/C=C\C/C=C\C/C=C\C/C=C\C/C=C\CC. The van der Waals surface area contributed by atoms with Crippen LogP contribution in [0.15, 0.2) is 194 Å². The van der Waals surface area contributed by atoms with Gasteiger partial charge in [0.1, 0.15) is 25.4 Å². The molecule has 0 fully saturated rings. The first-order valence-electron chi connectivity index (χ1n) is 40.7. The van der Waals surface area contributed by atoms with Gasteiger partial charge in [-0.1, -0.05) is 318 Å². The normalized spacial score (nSPS) is 14.9. The average molecular weight is 1530 g/mol. The maximum absolute atomic E-state index is 13.0. The van der Waals surface area contributed by atoms with Gasteiger partial charge in [-0.3, -0.25) is 32.5 Å². The summed E-state index contributed by atoms with van der Waals surface area (Å²) in [5.41, 5.74) is 0. The molecule has 0 aliphatic carbocycles. The summed E-state index contributed by atoms with van der Waals surface area (Å²) < 4.78 is 61.1. The van der Waals surface area contributed by atoms with Crippen molar-refractivity contribution in [3.63, 3.8) is 0 Å². The molecule has 0 saturated carbocycles. The molecule has 0 aliphatic heterocycles. The number of allylic oxidation sites excluding steroid dienone is 32. The lowest BCUT2D eigenvalue weighted by Gasteiger charge is -2.21. The highest BCUT2D eigenvalue weighted by Gasteiger charge is 2.29. The number of ether oxygens (including phenoxy) is 3. The summed E-state index contributed by atoms with van der Waals surface area (Å²) in [4.78, 5) is 58.7. The van der Waals surface area contributed by atoms with Gasteiger partial charge in [-0.2, -0.15) is 0 Å². The molecule has 5 unspecified atom stereocenters. The number of phosphoric ester groups is 2. The molecule has 5 atom stereocenters. The third-order valence-corrected chi connectivity index (χ3v) is 18.2. The van der Waals surface area contributed by atoms with Gasteiger partial charge in [-0.05, 0) is 148 Å². The van der Waals surface area contributed by atoms with Gasteiger partial charge in [0.05, 0.1) is 26.4 Å². The minimum absolute atomic E-state index is 0.0302. The van der Waals surface area contributed by atoms with E-state index >= 15 is 0 Å². The first-order chi connectivity index (χ1) is 52.2. The quantitative estimate of drug-likeness (QED) is 0.0146. The van der Waals surface area contributed by atoms with Crippen LogP contribution in [0, 0.1) is 0 Å². The van der Waals surface area contributed by atoms with E-state index in [0.29, 0.717) is 25.7 Å². The van der Waals surface area contributed by atoms with Crippen molar-refractivity contribution < 1.29 is 75.8 Å². The number of phosphoric acid groups is 2. The summed E-state index contributed by atoms with van der Waals surface area (Å²) in [6.45, 7) is 2.20. The fourth-order valence-electron chi connectivity index (χ4n) is 10.2. The molecule has 606 valence electrons. The molecule has 0 bridgehead atoms. The topological polar surface area (TPSA) is 231 Å². The molecule has 0 aromatic carbocycles. The fraction of sp³-hybridized carbons (Fsp3) is 0.607. The van der Waals surface area contributed by atoms with Gasteiger partial charge in [0.15, 0.2) is 6.10 Å². The lowest BCUT2D eigenvalue weighted by Crippen LogP contribution is -2.30. The monoisotopic (exact) mass is 1530 g/mol.